The topological polar surface area (TPSA) is 81.4 Å². The van der Waals surface area contributed by atoms with Crippen molar-refractivity contribution in [3.63, 3.8) is 0 Å². The van der Waals surface area contributed by atoms with Gasteiger partial charge in [0.15, 0.2) is 0 Å². The van der Waals surface area contributed by atoms with Crippen LogP contribution in [0.3, 0.4) is 0 Å². The lowest BCUT2D eigenvalue weighted by Gasteiger charge is -2.07. The van der Waals surface area contributed by atoms with Crippen LogP contribution in [0.2, 0.25) is 0 Å². The van der Waals surface area contributed by atoms with E-state index < -0.39 is 5.97 Å². The van der Waals surface area contributed by atoms with Gasteiger partial charge >= 0.3 is 5.97 Å². The van der Waals surface area contributed by atoms with Crippen molar-refractivity contribution < 1.29 is 14.6 Å². The highest BCUT2D eigenvalue weighted by Gasteiger charge is 2.06. The van der Waals surface area contributed by atoms with Gasteiger partial charge in [0.25, 0.3) is 5.56 Å². The molecule has 0 amide bonds. The number of ether oxygens (including phenoxy) is 1. The van der Waals surface area contributed by atoms with Crippen molar-refractivity contribution in [2.45, 2.75) is 6.54 Å². The number of nitrogens with zero attached hydrogens (tertiary/aromatic N) is 2. The maximum Gasteiger partial charge on any atom is 0.337 e. The molecular formula is C13H12N2O4. The second-order valence-corrected chi connectivity index (χ2v) is 3.90. The average molecular weight is 260 g/mol. The van der Waals surface area contributed by atoms with E-state index >= 15 is 0 Å². The number of hydrogen-bond donors (Lipinski definition) is 1. The Morgan fingerprint density at radius 2 is 2.16 bits per heavy atom. The van der Waals surface area contributed by atoms with Gasteiger partial charge < -0.3 is 14.4 Å². The van der Waals surface area contributed by atoms with Gasteiger partial charge in [-0.25, -0.2) is 9.78 Å². The molecule has 0 unspecified atom stereocenters. The molecule has 0 fully saturated rings. The molecule has 6 heteroatoms. The van der Waals surface area contributed by atoms with E-state index in [4.69, 9.17) is 9.84 Å². The first-order valence-corrected chi connectivity index (χ1v) is 5.53. The van der Waals surface area contributed by atoms with E-state index in [0.717, 1.165) is 5.56 Å². The Morgan fingerprint density at radius 1 is 1.37 bits per heavy atom. The number of carboxylic acids is 1. The number of carbonyl (C=O) groups is 1. The molecule has 0 radical (unpaired) electrons. The van der Waals surface area contributed by atoms with Crippen LogP contribution in [0.15, 0.2) is 41.5 Å². The molecule has 2 heterocycles. The molecule has 0 saturated heterocycles. The van der Waals surface area contributed by atoms with Crippen LogP contribution in [0.4, 0.5) is 0 Å². The molecule has 2 aromatic heterocycles. The van der Waals surface area contributed by atoms with Crippen LogP contribution in [-0.4, -0.2) is 27.7 Å². The predicted molar refractivity (Wildman–Crippen MR) is 67.6 cm³/mol. The number of rotatable bonds is 4. The van der Waals surface area contributed by atoms with Crippen LogP contribution in [0.25, 0.3) is 0 Å². The Balaban J connectivity index is 2.29. The summed E-state index contributed by atoms with van der Waals surface area (Å²) in [6.45, 7) is 0.261. The van der Waals surface area contributed by atoms with Crippen LogP contribution in [0.5, 0.6) is 5.88 Å². The third-order valence-electron chi connectivity index (χ3n) is 2.59. The van der Waals surface area contributed by atoms with E-state index in [9.17, 15) is 9.59 Å². The third-order valence-corrected chi connectivity index (χ3v) is 2.59. The van der Waals surface area contributed by atoms with Crippen LogP contribution in [0.1, 0.15) is 15.9 Å². The molecule has 1 N–H and O–H groups in total. The SMILES string of the molecule is COc1ccc(Cn2cc(C(=O)O)ccc2=O)cn1. The van der Waals surface area contributed by atoms with Gasteiger partial charge in [0, 0.05) is 24.5 Å². The zero-order chi connectivity index (χ0) is 13.8. The summed E-state index contributed by atoms with van der Waals surface area (Å²) >= 11 is 0. The Kier molecular flexibility index (Phi) is 3.61. The molecule has 6 nitrogen and oxygen atoms in total. The van der Waals surface area contributed by atoms with Crippen molar-refractivity contribution in [3.05, 3.63) is 58.1 Å². The molecule has 0 aliphatic rings. The number of carboxylic acid groups (broad SMARTS) is 1. The molecular weight excluding hydrogens is 248 g/mol. The lowest BCUT2D eigenvalue weighted by atomic mass is 10.2. The summed E-state index contributed by atoms with van der Waals surface area (Å²) in [5.74, 6) is -0.586. The zero-order valence-electron chi connectivity index (χ0n) is 10.2. The number of aromatic carboxylic acids is 1. The summed E-state index contributed by atoms with van der Waals surface area (Å²) in [5.41, 5.74) is 0.590. The fourth-order valence-electron chi connectivity index (χ4n) is 1.60. The summed E-state index contributed by atoms with van der Waals surface area (Å²) in [7, 11) is 1.52. The van der Waals surface area contributed by atoms with E-state index in [1.54, 1.807) is 18.3 Å². The fraction of sp³-hybridized carbons (Fsp3) is 0.154. The summed E-state index contributed by atoms with van der Waals surface area (Å²) in [6, 6.07) is 5.97. The smallest absolute Gasteiger partial charge is 0.337 e. The molecule has 0 aliphatic carbocycles. The zero-order valence-corrected chi connectivity index (χ0v) is 10.2. The van der Waals surface area contributed by atoms with E-state index in [1.807, 2.05) is 0 Å². The van der Waals surface area contributed by atoms with E-state index in [-0.39, 0.29) is 17.7 Å². The Labute approximate surface area is 108 Å². The maximum atomic E-state index is 11.6. The molecule has 0 spiro atoms. The molecule has 2 rings (SSSR count). The van der Waals surface area contributed by atoms with Crippen molar-refractivity contribution >= 4 is 5.97 Å². The predicted octanol–water partition coefficient (Wildman–Crippen LogP) is 0.998. The number of methoxy groups -OCH3 is 1. The monoisotopic (exact) mass is 260 g/mol. The molecule has 2 aromatic rings. The van der Waals surface area contributed by atoms with Gasteiger partial charge in [0.1, 0.15) is 0 Å². The van der Waals surface area contributed by atoms with Crippen LogP contribution >= 0.6 is 0 Å². The van der Waals surface area contributed by atoms with Crippen molar-refractivity contribution in [2.24, 2.45) is 0 Å². The van der Waals surface area contributed by atoms with E-state index in [0.29, 0.717) is 5.88 Å². The lowest BCUT2D eigenvalue weighted by Crippen LogP contribution is -2.20. The Bertz CT molecular complexity index is 646. The molecule has 0 aliphatic heterocycles. The molecule has 0 bridgehead atoms. The normalized spacial score (nSPS) is 10.2. The van der Waals surface area contributed by atoms with Crippen LogP contribution < -0.4 is 10.3 Å². The molecule has 19 heavy (non-hydrogen) atoms. The Hall–Kier alpha value is -2.63. The van der Waals surface area contributed by atoms with Gasteiger partial charge in [-0.1, -0.05) is 6.07 Å². The van der Waals surface area contributed by atoms with Gasteiger partial charge in [0.05, 0.1) is 19.2 Å². The van der Waals surface area contributed by atoms with E-state index in [1.165, 1.54) is 30.0 Å². The van der Waals surface area contributed by atoms with Gasteiger partial charge in [-0.05, 0) is 11.6 Å². The van der Waals surface area contributed by atoms with Gasteiger partial charge in [-0.15, -0.1) is 0 Å². The van der Waals surface area contributed by atoms with Crippen molar-refractivity contribution in [1.82, 2.24) is 9.55 Å². The first-order valence-electron chi connectivity index (χ1n) is 5.53. The molecule has 0 saturated carbocycles. The summed E-state index contributed by atoms with van der Waals surface area (Å²) in [5, 5.41) is 8.89. The maximum absolute atomic E-state index is 11.6. The first-order chi connectivity index (χ1) is 9.10. The van der Waals surface area contributed by atoms with Gasteiger partial charge in [0.2, 0.25) is 5.88 Å². The standard InChI is InChI=1S/C13H12N2O4/c1-19-11-4-2-9(6-14-11)7-15-8-10(13(17)18)3-5-12(15)16/h2-6,8H,7H2,1H3,(H,17,18). The minimum Gasteiger partial charge on any atom is -0.481 e. The molecule has 0 atom stereocenters. The first kappa shape index (κ1) is 12.8. The summed E-state index contributed by atoms with van der Waals surface area (Å²) in [4.78, 5) is 26.5. The van der Waals surface area contributed by atoms with Gasteiger partial charge in [-0.3, -0.25) is 4.79 Å². The minimum absolute atomic E-state index is 0.0704. The number of pyridine rings is 2. The lowest BCUT2D eigenvalue weighted by molar-refractivity contribution is 0.0696. The fourth-order valence-corrected chi connectivity index (χ4v) is 1.60. The summed E-state index contributed by atoms with van der Waals surface area (Å²) < 4.78 is 6.26. The second-order valence-electron chi connectivity index (χ2n) is 3.90. The molecule has 0 aromatic carbocycles. The quantitative estimate of drug-likeness (QED) is 0.886. The Morgan fingerprint density at radius 3 is 2.74 bits per heavy atom. The largest absolute Gasteiger partial charge is 0.481 e. The van der Waals surface area contributed by atoms with E-state index in [2.05, 4.69) is 4.98 Å². The number of aromatic nitrogens is 2. The number of hydrogen-bond acceptors (Lipinski definition) is 4. The van der Waals surface area contributed by atoms with Crippen molar-refractivity contribution in [3.8, 4) is 5.88 Å². The minimum atomic E-state index is -1.07. The molecule has 98 valence electrons. The highest BCUT2D eigenvalue weighted by Crippen LogP contribution is 2.07. The average Bonchev–Trinajstić information content (AvgIpc) is 2.42. The van der Waals surface area contributed by atoms with Crippen molar-refractivity contribution in [2.75, 3.05) is 7.11 Å². The van der Waals surface area contributed by atoms with Gasteiger partial charge in [-0.2, -0.15) is 0 Å². The second kappa shape index (κ2) is 5.34. The highest BCUT2D eigenvalue weighted by molar-refractivity contribution is 5.87. The van der Waals surface area contributed by atoms with Crippen molar-refractivity contribution in [1.29, 1.82) is 0 Å². The van der Waals surface area contributed by atoms with Crippen LogP contribution in [0, 0.1) is 0 Å². The summed E-state index contributed by atoms with van der Waals surface area (Å²) in [6.07, 6.45) is 2.90. The third kappa shape index (κ3) is 2.98. The van der Waals surface area contributed by atoms with Crippen LogP contribution in [-0.2, 0) is 6.54 Å². The highest BCUT2D eigenvalue weighted by atomic mass is 16.5.